The zero-order chi connectivity index (χ0) is 19.3. The van der Waals surface area contributed by atoms with Crippen LogP contribution in [0.2, 0.25) is 0 Å². The number of benzene rings is 2. The number of hydrogen-bond donors (Lipinski definition) is 2. The minimum absolute atomic E-state index is 0.0277. The number of nitrogens with zero attached hydrogens (tertiary/aromatic N) is 1. The van der Waals surface area contributed by atoms with Gasteiger partial charge in [0.05, 0.1) is 6.54 Å². The van der Waals surface area contributed by atoms with Crippen LogP contribution in [0, 0.1) is 23.6 Å². The molecule has 2 aromatic rings. The third kappa shape index (κ3) is 4.20. The Hall–Kier alpha value is -2.88. The second-order valence-corrected chi connectivity index (χ2v) is 5.84. The van der Waals surface area contributed by atoms with Gasteiger partial charge in [-0.05, 0) is 17.7 Å². The van der Waals surface area contributed by atoms with Crippen molar-refractivity contribution < 1.29 is 13.9 Å². The van der Waals surface area contributed by atoms with E-state index in [-0.39, 0.29) is 23.5 Å². The fraction of sp³-hybridized carbons (Fsp3) is 0.158. The Morgan fingerprint density at radius 1 is 1.38 bits per heavy atom. The van der Waals surface area contributed by atoms with Crippen molar-refractivity contribution in [2.45, 2.75) is 12.6 Å². The lowest BCUT2D eigenvalue weighted by molar-refractivity contribution is -0.138. The van der Waals surface area contributed by atoms with E-state index in [0.29, 0.717) is 11.1 Å². The van der Waals surface area contributed by atoms with E-state index in [0.717, 1.165) is 4.42 Å². The van der Waals surface area contributed by atoms with Gasteiger partial charge in [0.1, 0.15) is 11.7 Å². The number of hydrogen-bond acceptors (Lipinski definition) is 3. The largest absolute Gasteiger partial charge is 0.384 e. The minimum atomic E-state index is -1.27. The highest BCUT2D eigenvalue weighted by atomic mass is 35.5. The molecule has 1 atom stereocenters. The summed E-state index contributed by atoms with van der Waals surface area (Å²) in [5, 5.41) is 7.37. The van der Waals surface area contributed by atoms with Crippen LogP contribution in [0.15, 0.2) is 42.5 Å². The standard InChI is InChI=1S/C19H17ClFN3O2/c1-3-13-5-4-6-15(21)16(13)17(26-2)19(25)24(20)11-12-7-9-14(10-8-12)18(22)23/h1,4-10,17H,11H2,2H3,(H3,22,23). The number of nitrogen functional groups attached to an aromatic ring is 1. The molecule has 0 heterocycles. The Bertz CT molecular complexity index is 862. The predicted molar refractivity (Wildman–Crippen MR) is 97.9 cm³/mol. The molecule has 2 rings (SSSR count). The van der Waals surface area contributed by atoms with Crippen LogP contribution in [0.25, 0.3) is 0 Å². The van der Waals surface area contributed by atoms with Crippen molar-refractivity contribution in [2.24, 2.45) is 5.73 Å². The number of halogens is 2. The fourth-order valence-electron chi connectivity index (χ4n) is 2.43. The van der Waals surface area contributed by atoms with Gasteiger partial charge in [-0.25, -0.2) is 8.81 Å². The van der Waals surface area contributed by atoms with Crippen molar-refractivity contribution in [3.63, 3.8) is 0 Å². The first-order valence-electron chi connectivity index (χ1n) is 7.57. The average molecular weight is 374 g/mol. The lowest BCUT2D eigenvalue weighted by atomic mass is 10.0. The number of nitrogens with one attached hydrogen (secondary N) is 1. The summed E-state index contributed by atoms with van der Waals surface area (Å²) in [7, 11) is 1.28. The fourth-order valence-corrected chi connectivity index (χ4v) is 2.65. The first kappa shape index (κ1) is 19.4. The summed E-state index contributed by atoms with van der Waals surface area (Å²) in [6.45, 7) is 0.0538. The van der Waals surface area contributed by atoms with Crippen LogP contribution in [0.4, 0.5) is 4.39 Å². The summed E-state index contributed by atoms with van der Waals surface area (Å²) in [6.07, 6.45) is 4.13. The number of terminal acetylenes is 1. The van der Waals surface area contributed by atoms with E-state index in [2.05, 4.69) is 5.92 Å². The Labute approximate surface area is 156 Å². The summed E-state index contributed by atoms with van der Waals surface area (Å²) in [6, 6.07) is 10.9. The maximum Gasteiger partial charge on any atom is 0.271 e. The Morgan fingerprint density at radius 3 is 2.58 bits per heavy atom. The van der Waals surface area contributed by atoms with E-state index < -0.39 is 17.8 Å². The molecule has 0 aliphatic heterocycles. The van der Waals surface area contributed by atoms with Crippen LogP contribution >= 0.6 is 11.8 Å². The van der Waals surface area contributed by atoms with Gasteiger partial charge in [-0.15, -0.1) is 6.42 Å². The Kier molecular flexibility index (Phi) is 6.34. The van der Waals surface area contributed by atoms with Crippen molar-refractivity contribution in [2.75, 3.05) is 7.11 Å². The molecular weight excluding hydrogens is 357 g/mol. The van der Waals surface area contributed by atoms with Crippen LogP contribution in [0.5, 0.6) is 0 Å². The van der Waals surface area contributed by atoms with E-state index in [9.17, 15) is 9.18 Å². The molecule has 1 amide bonds. The number of rotatable bonds is 6. The summed E-state index contributed by atoms with van der Waals surface area (Å²) in [5.74, 6) is 0.998. The molecule has 0 bridgehead atoms. The molecule has 5 nitrogen and oxygen atoms in total. The van der Waals surface area contributed by atoms with E-state index in [1.54, 1.807) is 24.3 Å². The van der Waals surface area contributed by atoms with E-state index >= 15 is 0 Å². The molecule has 0 aromatic heterocycles. The Balaban J connectivity index is 2.23. The topological polar surface area (TPSA) is 79.4 Å². The van der Waals surface area contributed by atoms with Gasteiger partial charge in [0, 0.05) is 35.6 Å². The molecule has 0 spiro atoms. The predicted octanol–water partition coefficient (Wildman–Crippen LogP) is 2.96. The van der Waals surface area contributed by atoms with Gasteiger partial charge < -0.3 is 10.5 Å². The quantitative estimate of drug-likeness (QED) is 0.353. The van der Waals surface area contributed by atoms with Gasteiger partial charge in [0.2, 0.25) is 0 Å². The lowest BCUT2D eigenvalue weighted by Crippen LogP contribution is -2.29. The molecule has 2 aromatic carbocycles. The first-order valence-corrected chi connectivity index (χ1v) is 7.91. The molecule has 0 saturated heterocycles. The summed E-state index contributed by atoms with van der Waals surface area (Å²) in [5.41, 5.74) is 6.86. The summed E-state index contributed by atoms with van der Waals surface area (Å²) < 4.78 is 20.3. The molecule has 1 unspecified atom stereocenters. The maximum absolute atomic E-state index is 14.2. The van der Waals surface area contributed by atoms with Crippen molar-refractivity contribution in [3.05, 3.63) is 70.5 Å². The van der Waals surface area contributed by atoms with E-state index in [1.807, 2.05) is 0 Å². The SMILES string of the molecule is C#Cc1cccc(F)c1C(OC)C(=O)N(Cl)Cc1ccc(C(=N)N)cc1. The van der Waals surface area contributed by atoms with Gasteiger partial charge >= 0.3 is 0 Å². The number of amides is 1. The van der Waals surface area contributed by atoms with Crippen molar-refractivity contribution >= 4 is 23.5 Å². The normalized spacial score (nSPS) is 11.5. The smallest absolute Gasteiger partial charge is 0.271 e. The van der Waals surface area contributed by atoms with Crippen LogP contribution in [-0.2, 0) is 16.1 Å². The van der Waals surface area contributed by atoms with Crippen LogP contribution in [-0.4, -0.2) is 23.3 Å². The number of methoxy groups -OCH3 is 1. The number of ether oxygens (including phenoxy) is 1. The average Bonchev–Trinajstić information content (AvgIpc) is 2.63. The van der Waals surface area contributed by atoms with E-state index in [1.165, 1.54) is 25.3 Å². The highest BCUT2D eigenvalue weighted by molar-refractivity contribution is 6.21. The van der Waals surface area contributed by atoms with Crippen molar-refractivity contribution in [1.29, 1.82) is 5.41 Å². The molecular formula is C19H17ClFN3O2. The molecule has 134 valence electrons. The van der Waals surface area contributed by atoms with Crippen LogP contribution < -0.4 is 5.73 Å². The second kappa shape index (κ2) is 8.48. The third-order valence-electron chi connectivity index (χ3n) is 3.76. The lowest BCUT2D eigenvalue weighted by Gasteiger charge is -2.22. The van der Waals surface area contributed by atoms with Gasteiger partial charge in [0.15, 0.2) is 6.10 Å². The highest BCUT2D eigenvalue weighted by Gasteiger charge is 2.29. The molecule has 0 saturated carbocycles. The molecule has 0 radical (unpaired) electrons. The second-order valence-electron chi connectivity index (χ2n) is 5.43. The van der Waals surface area contributed by atoms with E-state index in [4.69, 9.17) is 34.1 Å². The summed E-state index contributed by atoms with van der Waals surface area (Å²) in [4.78, 5) is 12.7. The highest BCUT2D eigenvalue weighted by Crippen LogP contribution is 2.27. The molecule has 7 heteroatoms. The van der Waals surface area contributed by atoms with Crippen LogP contribution in [0.3, 0.4) is 0 Å². The van der Waals surface area contributed by atoms with Crippen molar-refractivity contribution in [1.82, 2.24) is 4.42 Å². The molecule has 0 aliphatic rings. The zero-order valence-corrected chi connectivity index (χ0v) is 14.8. The molecule has 26 heavy (non-hydrogen) atoms. The maximum atomic E-state index is 14.2. The third-order valence-corrected chi connectivity index (χ3v) is 4.04. The van der Waals surface area contributed by atoms with Gasteiger partial charge in [0.25, 0.3) is 5.91 Å². The number of amidine groups is 1. The van der Waals surface area contributed by atoms with Gasteiger partial charge in [-0.3, -0.25) is 10.2 Å². The summed E-state index contributed by atoms with van der Waals surface area (Å²) >= 11 is 6.10. The Morgan fingerprint density at radius 2 is 2.04 bits per heavy atom. The number of nitrogens with two attached hydrogens (primary N) is 1. The molecule has 0 aliphatic carbocycles. The molecule has 0 fully saturated rings. The van der Waals surface area contributed by atoms with Crippen LogP contribution in [0.1, 0.15) is 28.4 Å². The molecule has 3 N–H and O–H groups in total. The minimum Gasteiger partial charge on any atom is -0.384 e. The van der Waals surface area contributed by atoms with Crippen molar-refractivity contribution in [3.8, 4) is 12.3 Å². The number of carbonyl (C=O) groups excluding carboxylic acids is 1. The number of carbonyl (C=O) groups is 1. The first-order chi connectivity index (χ1) is 12.4. The van der Waals surface area contributed by atoms with Gasteiger partial charge in [-0.2, -0.15) is 0 Å². The monoisotopic (exact) mass is 373 g/mol. The zero-order valence-electron chi connectivity index (χ0n) is 14.0. The van der Waals surface area contributed by atoms with Gasteiger partial charge in [-0.1, -0.05) is 36.3 Å².